The molecule has 0 aliphatic carbocycles. The summed E-state index contributed by atoms with van der Waals surface area (Å²) < 4.78 is 22.0. The first-order valence-electron chi connectivity index (χ1n) is 8.41. The lowest BCUT2D eigenvalue weighted by Crippen LogP contribution is -2.26. The van der Waals surface area contributed by atoms with Crippen LogP contribution in [-0.2, 0) is 13.1 Å². The van der Waals surface area contributed by atoms with Crippen molar-refractivity contribution in [3.63, 3.8) is 0 Å². The first-order valence-corrected chi connectivity index (χ1v) is 9.22. The van der Waals surface area contributed by atoms with E-state index in [-0.39, 0.29) is 30.9 Å². The highest BCUT2D eigenvalue weighted by Crippen LogP contribution is 2.24. The predicted molar refractivity (Wildman–Crippen MR) is 104 cm³/mol. The zero-order chi connectivity index (χ0) is 19.7. The van der Waals surface area contributed by atoms with Crippen LogP contribution in [0.1, 0.15) is 4.88 Å². The summed E-state index contributed by atoms with van der Waals surface area (Å²) in [5, 5.41) is 4.69. The summed E-state index contributed by atoms with van der Waals surface area (Å²) in [5.74, 6) is -0.466. The Hall–Kier alpha value is -3.24. The molecule has 0 saturated heterocycles. The lowest BCUT2D eigenvalue weighted by Gasteiger charge is -2.01. The Labute approximate surface area is 161 Å². The number of thiophene rings is 1. The van der Waals surface area contributed by atoms with E-state index >= 15 is 0 Å². The third kappa shape index (κ3) is 3.23. The summed E-state index contributed by atoms with van der Waals surface area (Å²) >= 11 is 1.37. The van der Waals surface area contributed by atoms with Crippen LogP contribution in [0, 0.1) is 0 Å². The van der Waals surface area contributed by atoms with Gasteiger partial charge < -0.3 is 10.2 Å². The van der Waals surface area contributed by atoms with Crippen molar-refractivity contribution in [2.24, 2.45) is 5.73 Å². The fourth-order valence-corrected chi connectivity index (χ4v) is 3.85. The van der Waals surface area contributed by atoms with Gasteiger partial charge in [0.1, 0.15) is 11.3 Å². The van der Waals surface area contributed by atoms with Crippen molar-refractivity contribution in [2.45, 2.75) is 13.1 Å². The Balaban J connectivity index is 1.61. The largest absolute Gasteiger partial charge is 0.425 e. The highest BCUT2D eigenvalue weighted by Gasteiger charge is 2.14. The minimum absolute atomic E-state index is 0.00489. The number of aromatic nitrogens is 4. The van der Waals surface area contributed by atoms with Crippen molar-refractivity contribution in [3.8, 4) is 5.00 Å². The number of para-hydroxylation sites is 2. The van der Waals surface area contributed by atoms with Gasteiger partial charge in [-0.2, -0.15) is 5.10 Å². The minimum atomic E-state index is -0.466. The monoisotopic (exact) mass is 401 g/mol. The number of oxazole rings is 1. The predicted octanol–water partition coefficient (Wildman–Crippen LogP) is 1.86. The molecule has 1 aromatic carbocycles. The van der Waals surface area contributed by atoms with Crippen LogP contribution in [0.2, 0.25) is 0 Å². The highest BCUT2D eigenvalue weighted by atomic mass is 32.1. The molecule has 3 heterocycles. The normalized spacial score (nSPS) is 12.1. The van der Waals surface area contributed by atoms with Gasteiger partial charge >= 0.3 is 11.4 Å². The lowest BCUT2D eigenvalue weighted by molar-refractivity contribution is 0.541. The van der Waals surface area contributed by atoms with Crippen molar-refractivity contribution >= 4 is 22.4 Å². The number of hydrogen-bond donors (Lipinski definition) is 1. The fourth-order valence-electron chi connectivity index (χ4n) is 2.84. The van der Waals surface area contributed by atoms with Crippen molar-refractivity contribution in [1.29, 1.82) is 0 Å². The van der Waals surface area contributed by atoms with Gasteiger partial charge in [0.2, 0.25) is 0 Å². The van der Waals surface area contributed by atoms with E-state index < -0.39 is 5.76 Å². The molecule has 0 amide bonds. The van der Waals surface area contributed by atoms with E-state index in [1.807, 2.05) is 18.2 Å². The topological polar surface area (TPSA) is 101 Å². The minimum Gasteiger partial charge on any atom is -0.407 e. The molecule has 0 bridgehead atoms. The van der Waals surface area contributed by atoms with Crippen molar-refractivity contribution < 1.29 is 8.81 Å². The van der Waals surface area contributed by atoms with E-state index in [2.05, 4.69) is 5.10 Å². The van der Waals surface area contributed by atoms with Crippen LogP contribution >= 0.6 is 11.3 Å². The van der Waals surface area contributed by atoms with Crippen molar-refractivity contribution in [2.75, 3.05) is 6.54 Å². The molecule has 0 aliphatic heterocycles. The van der Waals surface area contributed by atoms with E-state index in [0.717, 1.165) is 9.56 Å². The van der Waals surface area contributed by atoms with Gasteiger partial charge in [0, 0.05) is 11.4 Å². The molecule has 0 fully saturated rings. The second kappa shape index (κ2) is 7.41. The fraction of sp³-hybridized carbons (Fsp3) is 0.167. The molecule has 8 nitrogen and oxygen atoms in total. The van der Waals surface area contributed by atoms with Crippen molar-refractivity contribution in [1.82, 2.24) is 18.9 Å². The number of fused-ring (bicyclic) bond motifs is 1. The molecular formula is C18H16FN5O3S. The molecule has 0 spiro atoms. The zero-order valence-electron chi connectivity index (χ0n) is 14.6. The first-order chi connectivity index (χ1) is 13.6. The van der Waals surface area contributed by atoms with Crippen LogP contribution in [-0.4, -0.2) is 25.5 Å². The molecule has 0 saturated carbocycles. The van der Waals surface area contributed by atoms with Gasteiger partial charge in [-0.3, -0.25) is 4.57 Å². The quantitative estimate of drug-likeness (QED) is 0.531. The van der Waals surface area contributed by atoms with Gasteiger partial charge in [-0.1, -0.05) is 12.1 Å². The Bertz CT molecular complexity index is 1280. The number of hydrogen-bond acceptors (Lipinski definition) is 6. The molecule has 3 aromatic heterocycles. The van der Waals surface area contributed by atoms with E-state index in [0.29, 0.717) is 22.4 Å². The van der Waals surface area contributed by atoms with Crippen LogP contribution in [0.25, 0.3) is 16.1 Å². The van der Waals surface area contributed by atoms with E-state index in [1.54, 1.807) is 18.2 Å². The summed E-state index contributed by atoms with van der Waals surface area (Å²) in [4.78, 5) is 25.5. The molecule has 144 valence electrons. The summed E-state index contributed by atoms with van der Waals surface area (Å²) in [6.07, 6.45) is 1.79. The maximum atomic E-state index is 12.7. The van der Waals surface area contributed by atoms with Crippen LogP contribution in [0.3, 0.4) is 0 Å². The number of nitrogens with two attached hydrogens (primary N) is 1. The Kier molecular flexibility index (Phi) is 4.80. The third-order valence-electron chi connectivity index (χ3n) is 4.25. The number of halogens is 1. The number of nitrogens with zero attached hydrogens (tertiary/aromatic N) is 4. The van der Waals surface area contributed by atoms with Crippen LogP contribution in [0.15, 0.2) is 68.6 Å². The SMILES string of the molecule is NC/C(=C\F)Cn1ncn(Cc2ccc(-n3c(=O)oc4ccccc43)s2)c1=O. The summed E-state index contributed by atoms with van der Waals surface area (Å²) in [6, 6.07) is 10.8. The number of benzene rings is 1. The molecule has 2 N–H and O–H groups in total. The summed E-state index contributed by atoms with van der Waals surface area (Å²) in [7, 11) is 0. The Morgan fingerprint density at radius 3 is 2.86 bits per heavy atom. The van der Waals surface area contributed by atoms with E-state index in [9.17, 15) is 14.0 Å². The molecule has 28 heavy (non-hydrogen) atoms. The average Bonchev–Trinajstić information content (AvgIpc) is 3.38. The molecule has 0 unspecified atom stereocenters. The molecule has 0 radical (unpaired) electrons. The van der Waals surface area contributed by atoms with Crippen LogP contribution in [0.4, 0.5) is 4.39 Å². The Morgan fingerprint density at radius 2 is 2.07 bits per heavy atom. The smallest absolute Gasteiger partial charge is 0.407 e. The number of rotatable bonds is 6. The maximum absolute atomic E-state index is 12.7. The van der Waals surface area contributed by atoms with E-state index in [4.69, 9.17) is 10.2 Å². The third-order valence-corrected chi connectivity index (χ3v) is 5.30. The van der Waals surface area contributed by atoms with Gasteiger partial charge in [0.25, 0.3) is 0 Å². The van der Waals surface area contributed by atoms with E-state index in [1.165, 1.54) is 26.8 Å². The van der Waals surface area contributed by atoms with Crippen molar-refractivity contribution in [3.05, 3.63) is 80.5 Å². The summed E-state index contributed by atoms with van der Waals surface area (Å²) in [6.45, 7) is 0.299. The lowest BCUT2D eigenvalue weighted by atomic mass is 10.3. The second-order valence-electron chi connectivity index (χ2n) is 6.08. The van der Waals surface area contributed by atoms with Gasteiger partial charge in [0.05, 0.1) is 24.9 Å². The van der Waals surface area contributed by atoms with Crippen LogP contribution in [0.5, 0.6) is 0 Å². The molecule has 0 atom stereocenters. The standard InChI is InChI=1S/C18H16FN5O3S/c19-7-12(8-20)9-23-17(25)22(11-21-23)10-13-5-6-16(28-13)24-14-3-1-2-4-15(14)27-18(24)26/h1-7,11H,8-10,20H2/b12-7+. The Morgan fingerprint density at radius 1 is 1.25 bits per heavy atom. The zero-order valence-corrected chi connectivity index (χ0v) is 15.4. The summed E-state index contributed by atoms with van der Waals surface area (Å²) in [5.41, 5.74) is 6.52. The molecule has 0 aliphatic rings. The molecule has 4 aromatic rings. The van der Waals surface area contributed by atoms with Crippen LogP contribution < -0.4 is 17.2 Å². The second-order valence-corrected chi connectivity index (χ2v) is 7.23. The molecule has 10 heteroatoms. The molecular weight excluding hydrogens is 385 g/mol. The average molecular weight is 401 g/mol. The van der Waals surface area contributed by atoms with Gasteiger partial charge in [-0.05, 0) is 29.8 Å². The molecule has 4 rings (SSSR count). The van der Waals surface area contributed by atoms with Gasteiger partial charge in [-0.15, -0.1) is 11.3 Å². The maximum Gasteiger partial charge on any atom is 0.425 e. The van der Waals surface area contributed by atoms with Gasteiger partial charge in [0.15, 0.2) is 5.58 Å². The first kappa shape index (κ1) is 18.1. The highest BCUT2D eigenvalue weighted by molar-refractivity contribution is 7.14. The van der Waals surface area contributed by atoms with Gasteiger partial charge in [-0.25, -0.2) is 23.2 Å².